The van der Waals surface area contributed by atoms with E-state index in [2.05, 4.69) is 20.8 Å². The van der Waals surface area contributed by atoms with Gasteiger partial charge in [0.1, 0.15) is 0 Å². The first-order valence-electron chi connectivity index (χ1n) is 6.96. The lowest BCUT2D eigenvalue weighted by molar-refractivity contribution is -0.124. The highest BCUT2D eigenvalue weighted by atomic mass is 19.1. The maximum Gasteiger partial charge on any atom is 0.243 e. The number of benzene rings is 1. The van der Waals surface area contributed by atoms with E-state index in [4.69, 9.17) is 4.74 Å². The van der Waals surface area contributed by atoms with E-state index < -0.39 is 5.82 Å². The molecule has 0 aliphatic heterocycles. The van der Waals surface area contributed by atoms with Crippen LogP contribution in [0.4, 0.5) is 10.1 Å². The maximum absolute atomic E-state index is 13.5. The number of carbonyl (C=O) groups excluding carboxylic acids is 2. The van der Waals surface area contributed by atoms with E-state index in [1.54, 1.807) is 6.07 Å². The number of hydrogen-bond acceptors (Lipinski definition) is 4. The molecule has 0 saturated heterocycles. The van der Waals surface area contributed by atoms with Crippen molar-refractivity contribution < 1.29 is 18.7 Å². The van der Waals surface area contributed by atoms with E-state index in [0.717, 1.165) is 0 Å². The molecule has 8 heteroatoms. The predicted molar refractivity (Wildman–Crippen MR) is 81.5 cm³/mol. The summed E-state index contributed by atoms with van der Waals surface area (Å²) in [5.41, 5.74) is 1.21. The van der Waals surface area contributed by atoms with Gasteiger partial charge in [0.05, 0.1) is 25.5 Å². The minimum absolute atomic E-state index is 0.138. The first-order valence-corrected chi connectivity index (χ1v) is 6.96. The summed E-state index contributed by atoms with van der Waals surface area (Å²) in [6.07, 6.45) is 3.51. The van der Waals surface area contributed by atoms with Gasteiger partial charge in [-0.2, -0.15) is 5.10 Å². The maximum atomic E-state index is 13.5. The summed E-state index contributed by atoms with van der Waals surface area (Å²) in [6.45, 7) is -0.138. The molecule has 0 saturated carbocycles. The summed E-state index contributed by atoms with van der Waals surface area (Å²) in [7, 11) is 1.39. The number of nitrogens with one attached hydrogen (secondary N) is 3. The Kier molecular flexibility index (Phi) is 5.67. The number of halogens is 1. The predicted octanol–water partition coefficient (Wildman–Crippen LogP) is 1.24. The lowest BCUT2D eigenvalue weighted by atomic mass is 10.1. The first-order chi connectivity index (χ1) is 11.1. The van der Waals surface area contributed by atoms with Gasteiger partial charge < -0.3 is 15.4 Å². The molecule has 2 amide bonds. The second-order valence-electron chi connectivity index (χ2n) is 4.78. The molecule has 1 aromatic carbocycles. The summed E-state index contributed by atoms with van der Waals surface area (Å²) in [4.78, 5) is 23.3. The Hall–Kier alpha value is -2.90. The van der Waals surface area contributed by atoms with Crippen LogP contribution in [-0.4, -0.2) is 35.7 Å². The molecule has 3 N–H and O–H groups in total. The zero-order valence-corrected chi connectivity index (χ0v) is 12.6. The van der Waals surface area contributed by atoms with Crippen LogP contribution in [0.5, 0.6) is 5.75 Å². The molecular formula is C15H17FN4O3. The number of aromatic nitrogens is 2. The number of anilines is 1. The third kappa shape index (κ3) is 5.10. The van der Waals surface area contributed by atoms with Crippen molar-refractivity contribution in [1.29, 1.82) is 0 Å². The van der Waals surface area contributed by atoms with Crippen LogP contribution in [0.15, 0.2) is 30.6 Å². The average Bonchev–Trinajstić information content (AvgIpc) is 3.04. The highest BCUT2D eigenvalue weighted by molar-refractivity contribution is 5.94. The molecule has 7 nitrogen and oxygen atoms in total. The molecule has 2 aromatic rings. The highest BCUT2D eigenvalue weighted by Crippen LogP contribution is 2.18. The zero-order chi connectivity index (χ0) is 16.7. The van der Waals surface area contributed by atoms with Crippen LogP contribution in [0.3, 0.4) is 0 Å². The smallest absolute Gasteiger partial charge is 0.243 e. The number of methoxy groups -OCH3 is 1. The topological polar surface area (TPSA) is 96.1 Å². The van der Waals surface area contributed by atoms with Crippen LogP contribution in [0.1, 0.15) is 12.0 Å². The van der Waals surface area contributed by atoms with Gasteiger partial charge >= 0.3 is 0 Å². The minimum atomic E-state index is -0.468. The molecule has 0 fully saturated rings. The van der Waals surface area contributed by atoms with Crippen molar-refractivity contribution in [3.8, 4) is 5.75 Å². The number of aryl methyl sites for hydroxylation is 1. The van der Waals surface area contributed by atoms with Crippen molar-refractivity contribution in [2.75, 3.05) is 19.0 Å². The fraction of sp³-hybridized carbons (Fsp3) is 0.267. The van der Waals surface area contributed by atoms with Gasteiger partial charge in [0, 0.05) is 12.6 Å². The van der Waals surface area contributed by atoms with Gasteiger partial charge in [-0.05, 0) is 24.1 Å². The van der Waals surface area contributed by atoms with Crippen molar-refractivity contribution in [3.05, 3.63) is 42.0 Å². The van der Waals surface area contributed by atoms with Crippen LogP contribution in [0, 0.1) is 5.82 Å². The molecule has 0 aliphatic carbocycles. The fourth-order valence-corrected chi connectivity index (χ4v) is 1.91. The molecule has 0 unspecified atom stereocenters. The van der Waals surface area contributed by atoms with Crippen molar-refractivity contribution in [2.45, 2.75) is 12.8 Å². The molecular weight excluding hydrogens is 303 g/mol. The summed E-state index contributed by atoms with van der Waals surface area (Å²) in [5, 5.41) is 11.3. The molecule has 0 spiro atoms. The second kappa shape index (κ2) is 7.92. The number of rotatable bonds is 7. The summed E-state index contributed by atoms with van der Waals surface area (Å²) < 4.78 is 18.4. The molecule has 23 heavy (non-hydrogen) atoms. The van der Waals surface area contributed by atoms with Gasteiger partial charge in [-0.15, -0.1) is 0 Å². The quantitative estimate of drug-likeness (QED) is 0.715. The molecule has 1 aromatic heterocycles. The van der Waals surface area contributed by atoms with Crippen molar-refractivity contribution in [1.82, 2.24) is 15.5 Å². The Morgan fingerprint density at radius 3 is 2.83 bits per heavy atom. The van der Waals surface area contributed by atoms with Gasteiger partial charge in [0.15, 0.2) is 11.6 Å². The first kappa shape index (κ1) is 16.5. The van der Waals surface area contributed by atoms with Gasteiger partial charge in [-0.1, -0.05) is 6.07 Å². The Labute approximate surface area is 132 Å². The summed E-state index contributed by atoms with van der Waals surface area (Å²) in [6, 6.07) is 4.54. The van der Waals surface area contributed by atoms with Crippen LogP contribution in [-0.2, 0) is 16.0 Å². The SMILES string of the molecule is COc1ccc(CCC(=O)NCC(=O)Nc2cn[nH]c2)cc1F. The standard InChI is InChI=1S/C15H17FN4O3/c1-23-13-4-2-10(6-12(13)16)3-5-14(21)17-9-15(22)20-11-7-18-19-8-11/h2,4,6-8H,3,5,9H2,1H3,(H,17,21)(H,18,19)(H,20,22). The summed E-state index contributed by atoms with van der Waals surface area (Å²) >= 11 is 0. The number of hydrogen-bond donors (Lipinski definition) is 3. The molecule has 1 heterocycles. The number of carbonyl (C=O) groups is 2. The zero-order valence-electron chi connectivity index (χ0n) is 12.6. The van der Waals surface area contributed by atoms with E-state index >= 15 is 0 Å². The monoisotopic (exact) mass is 320 g/mol. The van der Waals surface area contributed by atoms with Crippen molar-refractivity contribution in [3.63, 3.8) is 0 Å². The number of nitrogens with zero attached hydrogens (tertiary/aromatic N) is 1. The molecule has 0 aliphatic rings. The van der Waals surface area contributed by atoms with Crippen LogP contribution < -0.4 is 15.4 Å². The number of H-pyrrole nitrogens is 1. The van der Waals surface area contributed by atoms with Gasteiger partial charge in [-0.25, -0.2) is 4.39 Å². The van der Waals surface area contributed by atoms with Crippen molar-refractivity contribution in [2.24, 2.45) is 0 Å². The number of aromatic amines is 1. The number of amides is 2. The molecule has 0 atom stereocenters. The average molecular weight is 320 g/mol. The Balaban J connectivity index is 1.72. The molecule has 0 bridgehead atoms. The normalized spacial score (nSPS) is 10.2. The largest absolute Gasteiger partial charge is 0.494 e. The van der Waals surface area contributed by atoms with Gasteiger partial charge in [0.2, 0.25) is 11.8 Å². The van der Waals surface area contributed by atoms with Crippen LogP contribution in [0.2, 0.25) is 0 Å². The van der Waals surface area contributed by atoms with E-state index in [1.165, 1.54) is 31.6 Å². The highest BCUT2D eigenvalue weighted by Gasteiger charge is 2.08. The lowest BCUT2D eigenvalue weighted by Crippen LogP contribution is -2.32. The van der Waals surface area contributed by atoms with E-state index in [1.807, 2.05) is 0 Å². The second-order valence-corrected chi connectivity index (χ2v) is 4.78. The van der Waals surface area contributed by atoms with Gasteiger partial charge in [0.25, 0.3) is 0 Å². The Morgan fingerprint density at radius 1 is 1.35 bits per heavy atom. The van der Waals surface area contributed by atoms with Crippen LogP contribution in [0.25, 0.3) is 0 Å². The Morgan fingerprint density at radius 2 is 2.17 bits per heavy atom. The summed E-state index contributed by atoms with van der Waals surface area (Å²) in [5.74, 6) is -0.946. The molecule has 122 valence electrons. The minimum Gasteiger partial charge on any atom is -0.494 e. The lowest BCUT2D eigenvalue weighted by Gasteiger charge is -2.07. The van der Waals surface area contributed by atoms with Crippen molar-refractivity contribution >= 4 is 17.5 Å². The number of ether oxygens (including phenoxy) is 1. The molecule has 0 radical (unpaired) electrons. The van der Waals surface area contributed by atoms with E-state index in [-0.39, 0.29) is 30.5 Å². The van der Waals surface area contributed by atoms with E-state index in [0.29, 0.717) is 17.7 Å². The third-order valence-corrected chi connectivity index (χ3v) is 3.09. The van der Waals surface area contributed by atoms with Gasteiger partial charge in [-0.3, -0.25) is 14.7 Å². The Bertz CT molecular complexity index is 673. The van der Waals surface area contributed by atoms with Crippen LogP contribution >= 0.6 is 0 Å². The molecule has 2 rings (SSSR count). The van der Waals surface area contributed by atoms with E-state index in [9.17, 15) is 14.0 Å². The fourth-order valence-electron chi connectivity index (χ4n) is 1.91. The third-order valence-electron chi connectivity index (χ3n) is 3.09.